The number of aliphatic hydroxyl groups is 1. The minimum Gasteiger partial charge on any atom is -0.456 e. The van der Waals surface area contributed by atoms with E-state index in [4.69, 9.17) is 16.3 Å². The third kappa shape index (κ3) is 2.68. The molecule has 104 valence electrons. The standard InChI is InChI=1S/C14H9BrClFO2S/c15-14-11(1-2-12-13(14)10(18)6-20-12)19-9-4-7(16)3-8(17)5-9/h1-5,10,18H,6H2. The van der Waals surface area contributed by atoms with Crippen molar-refractivity contribution in [2.45, 2.75) is 11.0 Å². The van der Waals surface area contributed by atoms with Crippen molar-refractivity contribution in [2.24, 2.45) is 0 Å². The van der Waals surface area contributed by atoms with Crippen LogP contribution in [-0.2, 0) is 0 Å². The summed E-state index contributed by atoms with van der Waals surface area (Å²) in [5.74, 6) is 1.01. The van der Waals surface area contributed by atoms with Crippen molar-refractivity contribution in [3.05, 3.63) is 51.2 Å². The third-order valence-electron chi connectivity index (χ3n) is 2.90. The molecule has 1 heterocycles. The summed E-state index contributed by atoms with van der Waals surface area (Å²) < 4.78 is 19.6. The Kier molecular flexibility index (Phi) is 3.95. The molecule has 3 rings (SSSR count). The van der Waals surface area contributed by atoms with E-state index in [9.17, 15) is 9.50 Å². The molecule has 0 aromatic heterocycles. The number of ether oxygens (including phenoxy) is 1. The molecule has 0 amide bonds. The molecule has 0 fully saturated rings. The Hall–Kier alpha value is -0.750. The van der Waals surface area contributed by atoms with Crippen molar-refractivity contribution >= 4 is 39.3 Å². The number of rotatable bonds is 2. The van der Waals surface area contributed by atoms with Gasteiger partial charge in [0.25, 0.3) is 0 Å². The zero-order valence-electron chi connectivity index (χ0n) is 10.1. The molecule has 2 aromatic rings. The van der Waals surface area contributed by atoms with Crippen LogP contribution in [0.3, 0.4) is 0 Å². The summed E-state index contributed by atoms with van der Waals surface area (Å²) in [5.41, 5.74) is 0.815. The first-order chi connectivity index (χ1) is 9.54. The number of hydrogen-bond acceptors (Lipinski definition) is 3. The average molecular weight is 376 g/mol. The zero-order valence-corrected chi connectivity index (χ0v) is 13.2. The van der Waals surface area contributed by atoms with Gasteiger partial charge in [0.2, 0.25) is 0 Å². The smallest absolute Gasteiger partial charge is 0.142 e. The van der Waals surface area contributed by atoms with E-state index >= 15 is 0 Å². The molecule has 1 unspecified atom stereocenters. The van der Waals surface area contributed by atoms with Crippen molar-refractivity contribution in [3.8, 4) is 11.5 Å². The van der Waals surface area contributed by atoms with E-state index in [2.05, 4.69) is 15.9 Å². The van der Waals surface area contributed by atoms with E-state index < -0.39 is 11.9 Å². The van der Waals surface area contributed by atoms with Crippen molar-refractivity contribution in [3.63, 3.8) is 0 Å². The van der Waals surface area contributed by atoms with E-state index in [0.717, 1.165) is 10.5 Å². The minimum atomic E-state index is -0.524. The molecule has 20 heavy (non-hydrogen) atoms. The molecule has 2 aromatic carbocycles. The number of hydrogen-bond donors (Lipinski definition) is 1. The number of fused-ring (bicyclic) bond motifs is 1. The minimum absolute atomic E-state index is 0.271. The van der Waals surface area contributed by atoms with Crippen molar-refractivity contribution in [2.75, 3.05) is 5.75 Å². The Morgan fingerprint density at radius 3 is 2.90 bits per heavy atom. The largest absolute Gasteiger partial charge is 0.456 e. The van der Waals surface area contributed by atoms with Gasteiger partial charge in [-0.3, -0.25) is 0 Å². The molecule has 0 radical (unpaired) electrons. The topological polar surface area (TPSA) is 29.5 Å². The highest BCUT2D eigenvalue weighted by molar-refractivity contribution is 9.10. The van der Waals surface area contributed by atoms with Gasteiger partial charge in [0.15, 0.2) is 0 Å². The quantitative estimate of drug-likeness (QED) is 0.785. The van der Waals surface area contributed by atoms with Crippen LogP contribution in [-0.4, -0.2) is 10.9 Å². The maximum atomic E-state index is 13.3. The Morgan fingerprint density at radius 2 is 2.15 bits per heavy atom. The van der Waals surface area contributed by atoms with E-state index in [1.807, 2.05) is 6.07 Å². The average Bonchev–Trinajstić information content (AvgIpc) is 2.74. The number of halogens is 3. The summed E-state index contributed by atoms with van der Waals surface area (Å²) in [4.78, 5) is 1.02. The second-order valence-corrected chi connectivity index (χ2v) is 6.61. The molecular formula is C14H9BrClFO2S. The lowest BCUT2D eigenvalue weighted by atomic mass is 10.1. The summed E-state index contributed by atoms with van der Waals surface area (Å²) in [7, 11) is 0. The van der Waals surface area contributed by atoms with Crippen LogP contribution in [0.5, 0.6) is 11.5 Å². The van der Waals surface area contributed by atoms with Crippen LogP contribution in [0, 0.1) is 5.82 Å². The van der Waals surface area contributed by atoms with Crippen molar-refractivity contribution in [1.29, 1.82) is 0 Å². The van der Waals surface area contributed by atoms with Gasteiger partial charge in [-0.25, -0.2) is 4.39 Å². The lowest BCUT2D eigenvalue weighted by molar-refractivity contribution is 0.204. The molecule has 0 spiro atoms. The highest BCUT2D eigenvalue weighted by atomic mass is 79.9. The highest BCUT2D eigenvalue weighted by Crippen LogP contribution is 2.46. The van der Waals surface area contributed by atoms with E-state index in [1.165, 1.54) is 18.2 Å². The maximum absolute atomic E-state index is 13.3. The number of aliphatic hydroxyl groups excluding tert-OH is 1. The van der Waals surface area contributed by atoms with Gasteiger partial charge < -0.3 is 9.84 Å². The molecule has 0 bridgehead atoms. The summed E-state index contributed by atoms with van der Waals surface area (Å²) >= 11 is 10.8. The number of benzene rings is 2. The second-order valence-electron chi connectivity index (χ2n) is 4.32. The maximum Gasteiger partial charge on any atom is 0.142 e. The normalized spacial score (nSPS) is 17.1. The molecule has 1 atom stereocenters. The fraction of sp³-hybridized carbons (Fsp3) is 0.143. The lowest BCUT2D eigenvalue weighted by Gasteiger charge is -2.12. The van der Waals surface area contributed by atoms with Crippen molar-refractivity contribution in [1.82, 2.24) is 0 Å². The van der Waals surface area contributed by atoms with Gasteiger partial charge >= 0.3 is 0 Å². The first kappa shape index (κ1) is 14.2. The van der Waals surface area contributed by atoms with Gasteiger partial charge in [0.05, 0.1) is 10.6 Å². The van der Waals surface area contributed by atoms with Crippen LogP contribution in [0.1, 0.15) is 11.7 Å². The lowest BCUT2D eigenvalue weighted by Crippen LogP contribution is -1.97. The summed E-state index contributed by atoms with van der Waals surface area (Å²) in [5, 5.41) is 10.2. The fourth-order valence-electron chi connectivity index (χ4n) is 2.04. The Balaban J connectivity index is 1.97. The molecule has 1 N–H and O–H groups in total. The van der Waals surface area contributed by atoms with Crippen LogP contribution in [0.4, 0.5) is 4.39 Å². The van der Waals surface area contributed by atoms with Gasteiger partial charge in [-0.1, -0.05) is 11.6 Å². The Labute approximate surface area is 133 Å². The molecule has 1 aliphatic rings. The van der Waals surface area contributed by atoms with Crippen LogP contribution < -0.4 is 4.74 Å². The van der Waals surface area contributed by atoms with Crippen LogP contribution in [0.15, 0.2) is 39.7 Å². The Bertz CT molecular complexity index is 660. The monoisotopic (exact) mass is 374 g/mol. The van der Waals surface area contributed by atoms with Gasteiger partial charge in [-0.2, -0.15) is 0 Å². The zero-order chi connectivity index (χ0) is 14.3. The predicted octanol–water partition coefficient (Wildman–Crippen LogP) is 5.17. The Morgan fingerprint density at radius 1 is 1.35 bits per heavy atom. The molecule has 1 aliphatic heterocycles. The van der Waals surface area contributed by atoms with Gasteiger partial charge in [0.1, 0.15) is 17.3 Å². The first-order valence-electron chi connectivity index (χ1n) is 5.82. The van der Waals surface area contributed by atoms with E-state index in [1.54, 1.807) is 17.8 Å². The van der Waals surface area contributed by atoms with Gasteiger partial charge in [-0.05, 0) is 40.2 Å². The van der Waals surface area contributed by atoms with E-state index in [0.29, 0.717) is 21.7 Å². The van der Waals surface area contributed by atoms with E-state index in [-0.39, 0.29) is 5.02 Å². The third-order valence-corrected chi connectivity index (χ3v) is 5.08. The first-order valence-corrected chi connectivity index (χ1v) is 7.97. The molecule has 0 aliphatic carbocycles. The van der Waals surface area contributed by atoms with Crippen LogP contribution in [0.2, 0.25) is 5.02 Å². The molecular weight excluding hydrogens is 367 g/mol. The van der Waals surface area contributed by atoms with Gasteiger partial charge in [-0.15, -0.1) is 11.8 Å². The summed E-state index contributed by atoms with van der Waals surface area (Å²) in [6.07, 6.45) is -0.524. The molecule has 6 heteroatoms. The summed E-state index contributed by atoms with van der Waals surface area (Å²) in [6, 6.07) is 7.68. The molecule has 0 saturated heterocycles. The van der Waals surface area contributed by atoms with Crippen LogP contribution >= 0.6 is 39.3 Å². The second kappa shape index (κ2) is 5.56. The molecule has 0 saturated carbocycles. The highest BCUT2D eigenvalue weighted by Gasteiger charge is 2.25. The van der Waals surface area contributed by atoms with Crippen LogP contribution in [0.25, 0.3) is 0 Å². The van der Waals surface area contributed by atoms with Crippen molar-refractivity contribution < 1.29 is 14.2 Å². The number of thioether (sulfide) groups is 1. The summed E-state index contributed by atoms with van der Waals surface area (Å²) in [6.45, 7) is 0. The molecule has 2 nitrogen and oxygen atoms in total. The van der Waals surface area contributed by atoms with Gasteiger partial charge in [0, 0.05) is 27.3 Å². The SMILES string of the molecule is OC1CSc2ccc(Oc3cc(F)cc(Cl)c3)c(Br)c21. The predicted molar refractivity (Wildman–Crippen MR) is 81.3 cm³/mol. The fourth-order valence-corrected chi connectivity index (χ4v) is 4.13.